The highest BCUT2D eigenvalue weighted by Gasteiger charge is 2.17. The smallest absolute Gasteiger partial charge is 0.269 e. The van der Waals surface area contributed by atoms with Crippen LogP contribution in [0.5, 0.6) is 17.4 Å². The lowest BCUT2D eigenvalue weighted by Gasteiger charge is -2.11. The van der Waals surface area contributed by atoms with Crippen LogP contribution < -0.4 is 9.47 Å². The van der Waals surface area contributed by atoms with E-state index in [0.717, 1.165) is 30.2 Å². The van der Waals surface area contributed by atoms with E-state index >= 15 is 0 Å². The standard InChI is InChI=1S/C22H26N2O5/c1-3-4-5-14-29-21-19-15-23(22(25)18(19)10-11-20(21)28-2)13-12-16-6-8-17(9-7-16)24(26)27/h6-11,15,25H,3-5,12-14H2,1-2H3. The molecular weight excluding hydrogens is 372 g/mol. The Hall–Kier alpha value is -3.22. The van der Waals surface area contributed by atoms with Gasteiger partial charge in [0, 0.05) is 35.6 Å². The fraction of sp³-hybridized carbons (Fsp3) is 0.364. The van der Waals surface area contributed by atoms with Crippen molar-refractivity contribution in [3.63, 3.8) is 0 Å². The van der Waals surface area contributed by atoms with Crippen molar-refractivity contribution in [2.75, 3.05) is 13.7 Å². The number of aromatic nitrogens is 1. The molecule has 154 valence electrons. The number of methoxy groups -OCH3 is 1. The molecule has 0 fully saturated rings. The Bertz CT molecular complexity index is 979. The Morgan fingerprint density at radius 2 is 1.86 bits per heavy atom. The van der Waals surface area contributed by atoms with Crippen LogP contribution >= 0.6 is 0 Å². The van der Waals surface area contributed by atoms with Gasteiger partial charge in [0.05, 0.1) is 18.6 Å². The van der Waals surface area contributed by atoms with Crippen LogP contribution in [-0.4, -0.2) is 28.3 Å². The Morgan fingerprint density at radius 3 is 2.52 bits per heavy atom. The molecule has 0 saturated carbocycles. The minimum Gasteiger partial charge on any atom is -0.494 e. The summed E-state index contributed by atoms with van der Waals surface area (Å²) in [5.41, 5.74) is 1.03. The number of aryl methyl sites for hydroxylation is 2. The maximum absolute atomic E-state index is 10.8. The summed E-state index contributed by atoms with van der Waals surface area (Å²) in [5, 5.41) is 23.0. The minimum atomic E-state index is -0.413. The number of unbranched alkanes of at least 4 members (excludes halogenated alkanes) is 2. The summed E-state index contributed by atoms with van der Waals surface area (Å²) < 4.78 is 13.2. The maximum Gasteiger partial charge on any atom is 0.269 e. The third-order valence-electron chi connectivity index (χ3n) is 4.96. The molecule has 3 aromatic rings. The van der Waals surface area contributed by atoms with E-state index in [4.69, 9.17) is 9.47 Å². The highest BCUT2D eigenvalue weighted by Crippen LogP contribution is 2.40. The van der Waals surface area contributed by atoms with E-state index in [2.05, 4.69) is 6.92 Å². The number of benzene rings is 2. The molecule has 29 heavy (non-hydrogen) atoms. The quantitative estimate of drug-likeness (QED) is 0.292. The van der Waals surface area contributed by atoms with Gasteiger partial charge in [-0.1, -0.05) is 31.9 Å². The summed E-state index contributed by atoms with van der Waals surface area (Å²) in [6.45, 7) is 3.28. The highest BCUT2D eigenvalue weighted by molar-refractivity contribution is 5.94. The first-order valence-electron chi connectivity index (χ1n) is 9.80. The number of fused-ring (bicyclic) bond motifs is 1. The molecule has 1 N–H and O–H groups in total. The first-order valence-corrected chi connectivity index (χ1v) is 9.80. The molecule has 0 bridgehead atoms. The van der Waals surface area contributed by atoms with Gasteiger partial charge in [0.2, 0.25) is 0 Å². The first kappa shape index (κ1) is 20.5. The summed E-state index contributed by atoms with van der Waals surface area (Å²) in [4.78, 5) is 10.4. The highest BCUT2D eigenvalue weighted by atomic mass is 16.6. The van der Waals surface area contributed by atoms with Crippen LogP contribution in [0.15, 0.2) is 42.6 Å². The predicted molar refractivity (Wildman–Crippen MR) is 112 cm³/mol. The normalized spacial score (nSPS) is 11.0. The molecule has 0 unspecified atom stereocenters. The number of nitrogens with zero attached hydrogens (tertiary/aromatic N) is 2. The number of ether oxygens (including phenoxy) is 2. The molecule has 0 aliphatic carbocycles. The van der Waals surface area contributed by atoms with Gasteiger partial charge in [-0.3, -0.25) is 10.1 Å². The van der Waals surface area contributed by atoms with Crippen LogP contribution in [0.2, 0.25) is 0 Å². The van der Waals surface area contributed by atoms with E-state index in [1.165, 1.54) is 12.1 Å². The number of hydrogen-bond donors (Lipinski definition) is 1. The monoisotopic (exact) mass is 398 g/mol. The van der Waals surface area contributed by atoms with Crippen molar-refractivity contribution < 1.29 is 19.5 Å². The predicted octanol–water partition coefficient (Wildman–Crippen LogP) is 5.08. The minimum absolute atomic E-state index is 0.0697. The lowest BCUT2D eigenvalue weighted by molar-refractivity contribution is -0.384. The van der Waals surface area contributed by atoms with Crippen LogP contribution in [0.1, 0.15) is 31.7 Å². The Labute approximate surface area is 169 Å². The number of non-ortho nitro benzene ring substituents is 1. The van der Waals surface area contributed by atoms with E-state index in [0.29, 0.717) is 36.5 Å². The van der Waals surface area contributed by atoms with E-state index in [-0.39, 0.29) is 11.6 Å². The SMILES string of the molecule is CCCCCOc1c(OC)ccc2c(O)n(CCc3ccc([N+](=O)[O-])cc3)cc12. The second-order valence-electron chi connectivity index (χ2n) is 6.93. The summed E-state index contributed by atoms with van der Waals surface area (Å²) >= 11 is 0. The van der Waals surface area contributed by atoms with E-state index < -0.39 is 4.92 Å². The lowest BCUT2D eigenvalue weighted by Crippen LogP contribution is -2.00. The van der Waals surface area contributed by atoms with Crippen LogP contribution in [0.4, 0.5) is 5.69 Å². The van der Waals surface area contributed by atoms with Gasteiger partial charge in [0.15, 0.2) is 17.4 Å². The number of aromatic hydroxyl groups is 1. The molecule has 3 rings (SSSR count). The molecule has 0 saturated heterocycles. The molecule has 2 aromatic carbocycles. The van der Waals surface area contributed by atoms with Gasteiger partial charge < -0.3 is 19.1 Å². The van der Waals surface area contributed by atoms with Crippen LogP contribution in [-0.2, 0) is 13.0 Å². The molecule has 0 radical (unpaired) electrons. The Morgan fingerprint density at radius 1 is 1.10 bits per heavy atom. The zero-order valence-corrected chi connectivity index (χ0v) is 16.8. The third-order valence-corrected chi connectivity index (χ3v) is 4.96. The second-order valence-corrected chi connectivity index (χ2v) is 6.93. The molecule has 0 aliphatic heterocycles. The summed E-state index contributed by atoms with van der Waals surface area (Å²) in [6, 6.07) is 10.1. The maximum atomic E-state index is 10.8. The van der Waals surface area contributed by atoms with Crippen molar-refractivity contribution in [2.24, 2.45) is 0 Å². The van der Waals surface area contributed by atoms with Crippen molar-refractivity contribution in [3.05, 3.63) is 58.3 Å². The van der Waals surface area contributed by atoms with Crippen LogP contribution in [0.25, 0.3) is 10.8 Å². The molecule has 1 heterocycles. The second kappa shape index (κ2) is 9.32. The fourth-order valence-electron chi connectivity index (χ4n) is 3.31. The van der Waals surface area contributed by atoms with Crippen molar-refractivity contribution >= 4 is 16.5 Å². The van der Waals surface area contributed by atoms with Crippen molar-refractivity contribution in [1.82, 2.24) is 4.57 Å². The molecule has 0 aliphatic rings. The van der Waals surface area contributed by atoms with Crippen LogP contribution in [0, 0.1) is 10.1 Å². The number of nitro groups is 1. The molecule has 7 heteroatoms. The Kier molecular flexibility index (Phi) is 6.59. The summed E-state index contributed by atoms with van der Waals surface area (Å²) in [7, 11) is 1.60. The first-order chi connectivity index (χ1) is 14.0. The molecular formula is C22H26N2O5. The third kappa shape index (κ3) is 4.62. The van der Waals surface area contributed by atoms with Crippen LogP contribution in [0.3, 0.4) is 0 Å². The Balaban J connectivity index is 1.81. The summed E-state index contributed by atoms with van der Waals surface area (Å²) in [6.07, 6.45) is 5.68. The topological polar surface area (TPSA) is 86.8 Å². The van der Waals surface area contributed by atoms with Gasteiger partial charge >= 0.3 is 0 Å². The number of hydrogen-bond acceptors (Lipinski definition) is 5. The van der Waals surface area contributed by atoms with Gasteiger partial charge in [0.1, 0.15) is 0 Å². The van der Waals surface area contributed by atoms with Gasteiger partial charge in [-0.15, -0.1) is 0 Å². The number of rotatable bonds is 10. The largest absolute Gasteiger partial charge is 0.494 e. The lowest BCUT2D eigenvalue weighted by atomic mass is 10.1. The van der Waals surface area contributed by atoms with Crippen molar-refractivity contribution in [3.8, 4) is 17.4 Å². The number of nitro benzene ring substituents is 1. The zero-order chi connectivity index (χ0) is 20.8. The molecule has 0 amide bonds. The van der Waals surface area contributed by atoms with E-state index in [1.807, 2.05) is 12.3 Å². The molecule has 0 atom stereocenters. The van der Waals surface area contributed by atoms with E-state index in [1.54, 1.807) is 29.9 Å². The average molecular weight is 398 g/mol. The van der Waals surface area contributed by atoms with Gasteiger partial charge in [0.25, 0.3) is 5.69 Å². The summed E-state index contributed by atoms with van der Waals surface area (Å²) in [5.74, 6) is 1.45. The zero-order valence-electron chi connectivity index (χ0n) is 16.8. The molecule has 7 nitrogen and oxygen atoms in total. The van der Waals surface area contributed by atoms with Gasteiger partial charge in [-0.25, -0.2) is 0 Å². The van der Waals surface area contributed by atoms with Gasteiger partial charge in [-0.05, 0) is 30.5 Å². The molecule has 1 aromatic heterocycles. The van der Waals surface area contributed by atoms with Gasteiger partial charge in [-0.2, -0.15) is 0 Å². The van der Waals surface area contributed by atoms with E-state index in [9.17, 15) is 15.2 Å². The fourth-order valence-corrected chi connectivity index (χ4v) is 3.31. The molecule has 0 spiro atoms. The van der Waals surface area contributed by atoms with Crippen molar-refractivity contribution in [1.29, 1.82) is 0 Å². The average Bonchev–Trinajstić information content (AvgIpc) is 3.05. The van der Waals surface area contributed by atoms with Crippen molar-refractivity contribution in [2.45, 2.75) is 39.2 Å².